The molecule has 0 amide bonds. The highest BCUT2D eigenvalue weighted by atomic mass is 32.1. The van der Waals surface area contributed by atoms with Gasteiger partial charge in [0.05, 0.1) is 6.20 Å². The van der Waals surface area contributed by atoms with Gasteiger partial charge in [-0.1, -0.05) is 36.4 Å². The van der Waals surface area contributed by atoms with Crippen molar-refractivity contribution in [3.05, 3.63) is 88.6 Å². The summed E-state index contributed by atoms with van der Waals surface area (Å²) in [6.07, 6.45) is 4.98. The highest BCUT2D eigenvalue weighted by Gasteiger charge is 2.29. The number of aromatic nitrogens is 2. The Kier molecular flexibility index (Phi) is 4.41. The zero-order chi connectivity index (χ0) is 18.0. The summed E-state index contributed by atoms with van der Waals surface area (Å²) in [5.74, 6) is 0.618. The maximum Gasteiger partial charge on any atom is 0.140 e. The Morgan fingerprint density at radius 3 is 2.73 bits per heavy atom. The van der Waals surface area contributed by atoms with E-state index in [1.807, 2.05) is 23.6 Å². The van der Waals surface area contributed by atoms with Gasteiger partial charge in [-0.2, -0.15) is 0 Å². The van der Waals surface area contributed by atoms with Crippen LogP contribution in [0.1, 0.15) is 23.1 Å². The Bertz CT molecular complexity index is 1030. The molecular weight excluding hydrogens is 344 g/mol. The molecule has 26 heavy (non-hydrogen) atoms. The molecule has 0 aliphatic carbocycles. The number of ether oxygens (including phenoxy) is 1. The molecule has 4 aromatic rings. The lowest BCUT2D eigenvalue weighted by Crippen LogP contribution is -2.22. The minimum Gasteiger partial charge on any atom is -0.487 e. The van der Waals surface area contributed by atoms with Gasteiger partial charge in [-0.3, -0.25) is 4.98 Å². The van der Waals surface area contributed by atoms with Gasteiger partial charge in [0.2, 0.25) is 0 Å². The van der Waals surface area contributed by atoms with E-state index in [2.05, 4.69) is 40.3 Å². The maximum atomic E-state index is 10.8. The van der Waals surface area contributed by atoms with Gasteiger partial charge in [0.1, 0.15) is 23.0 Å². The molecule has 4 nitrogen and oxygen atoms in total. The molecule has 0 aliphatic heterocycles. The van der Waals surface area contributed by atoms with Gasteiger partial charge in [-0.15, -0.1) is 11.3 Å². The Hall–Kier alpha value is -2.76. The van der Waals surface area contributed by atoms with Crippen molar-refractivity contribution in [2.24, 2.45) is 0 Å². The molecule has 0 saturated heterocycles. The fourth-order valence-electron chi connectivity index (χ4n) is 2.85. The predicted molar refractivity (Wildman–Crippen MR) is 103 cm³/mol. The molecule has 130 valence electrons. The van der Waals surface area contributed by atoms with Gasteiger partial charge in [0.25, 0.3) is 0 Å². The van der Waals surface area contributed by atoms with Crippen molar-refractivity contribution in [2.45, 2.75) is 19.1 Å². The predicted octanol–water partition coefficient (Wildman–Crippen LogP) is 4.53. The smallest absolute Gasteiger partial charge is 0.140 e. The molecule has 0 aliphatic rings. The molecule has 4 rings (SSSR count). The van der Waals surface area contributed by atoms with E-state index in [0.717, 1.165) is 5.56 Å². The van der Waals surface area contributed by atoms with Crippen molar-refractivity contribution in [2.75, 3.05) is 0 Å². The molecule has 0 radical (unpaired) electrons. The Morgan fingerprint density at radius 2 is 1.92 bits per heavy atom. The number of hydrogen-bond donors (Lipinski definition) is 1. The molecule has 5 heteroatoms. The van der Waals surface area contributed by atoms with Gasteiger partial charge in [-0.05, 0) is 35.4 Å². The molecule has 1 unspecified atom stereocenters. The molecule has 1 atom stereocenters. The van der Waals surface area contributed by atoms with E-state index < -0.39 is 5.60 Å². The van der Waals surface area contributed by atoms with Gasteiger partial charge in [-0.25, -0.2) is 4.98 Å². The molecule has 0 saturated carbocycles. The zero-order valence-corrected chi connectivity index (χ0v) is 15.1. The standard InChI is InChI=1S/C21H18N2O2S/c1-21(24,20-23-8-9-26-20)18-11-19(13-22-12-18)25-14-15-6-7-16-4-2-3-5-17(16)10-15/h2-13,24H,14H2,1H3. The van der Waals surface area contributed by atoms with Crippen LogP contribution in [0, 0.1) is 0 Å². The average Bonchev–Trinajstić information content (AvgIpc) is 3.22. The lowest BCUT2D eigenvalue weighted by molar-refractivity contribution is 0.101. The third kappa shape index (κ3) is 3.31. The minimum absolute atomic E-state index is 0.440. The lowest BCUT2D eigenvalue weighted by Gasteiger charge is -2.21. The molecule has 2 heterocycles. The first kappa shape index (κ1) is 16.7. The topological polar surface area (TPSA) is 55.2 Å². The second-order valence-corrected chi connectivity index (χ2v) is 7.18. The summed E-state index contributed by atoms with van der Waals surface area (Å²) in [4.78, 5) is 8.43. The van der Waals surface area contributed by atoms with E-state index in [9.17, 15) is 5.11 Å². The molecule has 2 aromatic carbocycles. The molecule has 0 fully saturated rings. The SMILES string of the molecule is CC(O)(c1cncc(OCc2ccc3ccccc3c2)c1)c1nccs1. The van der Waals surface area contributed by atoms with Crippen molar-refractivity contribution < 1.29 is 9.84 Å². The van der Waals surface area contributed by atoms with Gasteiger partial charge < -0.3 is 9.84 Å². The van der Waals surface area contributed by atoms with Crippen molar-refractivity contribution in [1.29, 1.82) is 0 Å². The number of rotatable bonds is 5. The van der Waals surface area contributed by atoms with Crippen molar-refractivity contribution >= 4 is 22.1 Å². The zero-order valence-electron chi connectivity index (χ0n) is 14.3. The Labute approximate surface area is 155 Å². The van der Waals surface area contributed by atoms with Crippen molar-refractivity contribution in [3.8, 4) is 5.75 Å². The lowest BCUT2D eigenvalue weighted by atomic mass is 9.98. The number of fused-ring (bicyclic) bond motifs is 1. The first-order chi connectivity index (χ1) is 12.6. The van der Waals surface area contributed by atoms with E-state index in [1.165, 1.54) is 22.1 Å². The van der Waals surface area contributed by atoms with Crippen molar-refractivity contribution in [1.82, 2.24) is 9.97 Å². The van der Waals surface area contributed by atoms with Crippen LogP contribution < -0.4 is 4.74 Å². The van der Waals surface area contributed by atoms with Crippen LogP contribution in [0.5, 0.6) is 5.75 Å². The summed E-state index contributed by atoms with van der Waals surface area (Å²) in [7, 11) is 0. The number of thiazole rings is 1. The normalized spacial score (nSPS) is 13.5. The van der Waals surface area contributed by atoms with Gasteiger partial charge in [0.15, 0.2) is 0 Å². The van der Waals surface area contributed by atoms with Gasteiger partial charge >= 0.3 is 0 Å². The van der Waals surface area contributed by atoms with E-state index in [-0.39, 0.29) is 0 Å². The number of benzene rings is 2. The Balaban J connectivity index is 1.53. The van der Waals surface area contributed by atoms with E-state index in [1.54, 1.807) is 25.5 Å². The highest BCUT2D eigenvalue weighted by Crippen LogP contribution is 2.31. The monoisotopic (exact) mass is 362 g/mol. The first-order valence-corrected chi connectivity index (χ1v) is 9.19. The van der Waals surface area contributed by atoms with E-state index >= 15 is 0 Å². The summed E-state index contributed by atoms with van der Waals surface area (Å²) in [5.41, 5.74) is 0.549. The highest BCUT2D eigenvalue weighted by molar-refractivity contribution is 7.09. The third-order valence-electron chi connectivity index (χ3n) is 4.34. The molecule has 1 N–H and O–H groups in total. The van der Waals surface area contributed by atoms with Crippen LogP contribution in [0.3, 0.4) is 0 Å². The average molecular weight is 362 g/mol. The summed E-state index contributed by atoms with van der Waals surface area (Å²) < 4.78 is 5.90. The van der Waals surface area contributed by atoms with Crippen LogP contribution in [0.15, 0.2) is 72.5 Å². The largest absolute Gasteiger partial charge is 0.487 e. The number of nitrogens with zero attached hydrogens (tertiary/aromatic N) is 2. The van der Waals surface area contributed by atoms with Crippen LogP contribution in [0.2, 0.25) is 0 Å². The fourth-order valence-corrected chi connectivity index (χ4v) is 3.57. The van der Waals surface area contributed by atoms with Gasteiger partial charge in [0, 0.05) is 23.3 Å². The van der Waals surface area contributed by atoms with Crippen LogP contribution >= 0.6 is 11.3 Å². The molecular formula is C21H18N2O2S. The number of aliphatic hydroxyl groups is 1. The number of pyridine rings is 1. The number of hydrogen-bond acceptors (Lipinski definition) is 5. The second-order valence-electron chi connectivity index (χ2n) is 6.29. The summed E-state index contributed by atoms with van der Waals surface area (Å²) in [6.45, 7) is 2.16. The van der Waals surface area contributed by atoms with Crippen LogP contribution in [0.4, 0.5) is 0 Å². The molecule has 0 spiro atoms. The maximum absolute atomic E-state index is 10.8. The first-order valence-electron chi connectivity index (χ1n) is 8.31. The van der Waals surface area contributed by atoms with Crippen LogP contribution in [-0.4, -0.2) is 15.1 Å². The summed E-state index contributed by atoms with van der Waals surface area (Å²) >= 11 is 1.41. The third-order valence-corrected chi connectivity index (χ3v) is 5.33. The Morgan fingerprint density at radius 1 is 1.08 bits per heavy atom. The minimum atomic E-state index is -1.19. The van der Waals surface area contributed by atoms with Crippen molar-refractivity contribution in [3.63, 3.8) is 0 Å². The van der Waals surface area contributed by atoms with Crippen LogP contribution in [0.25, 0.3) is 10.8 Å². The van der Waals surface area contributed by atoms with E-state index in [4.69, 9.17) is 4.74 Å². The second kappa shape index (κ2) is 6.86. The molecule has 2 aromatic heterocycles. The van der Waals surface area contributed by atoms with E-state index in [0.29, 0.717) is 22.9 Å². The summed E-state index contributed by atoms with van der Waals surface area (Å²) in [6, 6.07) is 16.3. The fraction of sp³-hybridized carbons (Fsp3) is 0.143. The van der Waals surface area contributed by atoms with Crippen LogP contribution in [-0.2, 0) is 12.2 Å². The quantitative estimate of drug-likeness (QED) is 0.567. The molecule has 0 bridgehead atoms. The summed E-state index contributed by atoms with van der Waals surface area (Å²) in [5, 5.41) is 15.7.